The summed E-state index contributed by atoms with van der Waals surface area (Å²) in [5.41, 5.74) is 4.22. The molecule has 1 amide bonds. The number of amides is 1. The second kappa shape index (κ2) is 9.03. The molecule has 30 heavy (non-hydrogen) atoms. The number of hydrogen-bond donors (Lipinski definition) is 2. The normalized spacial score (nSPS) is 14.0. The van der Waals surface area contributed by atoms with Crippen LogP contribution in [0.15, 0.2) is 48.5 Å². The number of carbonyl (C=O) groups excluding carboxylic acids is 2. The zero-order valence-electron chi connectivity index (χ0n) is 17.1. The number of fused-ring (bicyclic) bond motifs is 1. The molecule has 2 aromatic carbocycles. The molecule has 3 aromatic rings. The lowest BCUT2D eigenvalue weighted by Crippen LogP contribution is -2.30. The number of H-pyrrole nitrogens is 1. The molecule has 0 aliphatic heterocycles. The average molecular weight is 402 g/mol. The lowest BCUT2D eigenvalue weighted by atomic mass is 9.89. The second-order valence-electron chi connectivity index (χ2n) is 7.80. The molecule has 4 rings (SSSR count). The van der Waals surface area contributed by atoms with E-state index in [1.807, 2.05) is 49.4 Å². The number of aryl methyl sites for hydroxylation is 3. The van der Waals surface area contributed by atoms with Crippen LogP contribution in [-0.4, -0.2) is 26.9 Å². The van der Waals surface area contributed by atoms with Gasteiger partial charge in [-0.25, -0.2) is 4.98 Å². The van der Waals surface area contributed by atoms with Crippen LogP contribution in [0.2, 0.25) is 0 Å². The van der Waals surface area contributed by atoms with Crippen molar-refractivity contribution < 1.29 is 9.59 Å². The lowest BCUT2D eigenvalue weighted by molar-refractivity contribution is -0.121. The molecule has 1 aliphatic rings. The molecule has 1 atom stereocenters. The number of rotatable bonds is 7. The maximum Gasteiger partial charge on any atom is 0.221 e. The smallest absolute Gasteiger partial charge is 0.221 e. The molecule has 0 fully saturated rings. The molecule has 0 radical (unpaired) electrons. The minimum absolute atomic E-state index is 0.00326. The predicted molar refractivity (Wildman–Crippen MR) is 114 cm³/mol. The van der Waals surface area contributed by atoms with Crippen molar-refractivity contribution in [2.24, 2.45) is 0 Å². The Morgan fingerprint density at radius 2 is 1.80 bits per heavy atom. The van der Waals surface area contributed by atoms with Crippen molar-refractivity contribution in [3.8, 4) is 0 Å². The molecule has 1 aromatic heterocycles. The van der Waals surface area contributed by atoms with E-state index in [1.54, 1.807) is 0 Å². The van der Waals surface area contributed by atoms with Crippen LogP contribution >= 0.6 is 0 Å². The number of benzene rings is 2. The van der Waals surface area contributed by atoms with E-state index >= 15 is 0 Å². The zero-order valence-corrected chi connectivity index (χ0v) is 17.1. The lowest BCUT2D eigenvalue weighted by Gasteiger charge is -2.17. The molecule has 6 heteroatoms. The van der Waals surface area contributed by atoms with Gasteiger partial charge in [0.25, 0.3) is 0 Å². The molecule has 0 saturated carbocycles. The Hall–Kier alpha value is -3.28. The van der Waals surface area contributed by atoms with Crippen LogP contribution in [0.25, 0.3) is 0 Å². The standard InChI is InChI=1S/C24H26N4O2/c1-16-25-24(28-27-16)23(18-8-3-2-4-9-18)26-22(30)14-13-21(29)20-12-11-17-7-5-6-10-19(17)15-20/h2-4,8-9,11-12,15,23H,5-7,10,13-14H2,1H3,(H,26,30)(H,25,27,28). The van der Waals surface area contributed by atoms with Crippen molar-refractivity contribution >= 4 is 11.7 Å². The maximum absolute atomic E-state index is 12.7. The Labute approximate surface area is 176 Å². The highest BCUT2D eigenvalue weighted by Gasteiger charge is 2.21. The van der Waals surface area contributed by atoms with Gasteiger partial charge >= 0.3 is 0 Å². The van der Waals surface area contributed by atoms with Crippen molar-refractivity contribution in [1.29, 1.82) is 0 Å². The first-order valence-electron chi connectivity index (χ1n) is 10.5. The van der Waals surface area contributed by atoms with Gasteiger partial charge in [0.1, 0.15) is 11.9 Å². The predicted octanol–water partition coefficient (Wildman–Crippen LogP) is 3.86. The minimum Gasteiger partial charge on any atom is -0.342 e. The summed E-state index contributed by atoms with van der Waals surface area (Å²) in [6.45, 7) is 1.82. The van der Waals surface area contributed by atoms with E-state index < -0.39 is 6.04 Å². The van der Waals surface area contributed by atoms with Gasteiger partial charge in [-0.1, -0.05) is 42.5 Å². The van der Waals surface area contributed by atoms with Gasteiger partial charge in [-0.3, -0.25) is 14.7 Å². The molecule has 154 valence electrons. The van der Waals surface area contributed by atoms with Crippen LogP contribution in [0.4, 0.5) is 0 Å². The zero-order chi connectivity index (χ0) is 20.9. The third-order valence-electron chi connectivity index (χ3n) is 5.56. The Morgan fingerprint density at radius 3 is 2.53 bits per heavy atom. The highest BCUT2D eigenvalue weighted by atomic mass is 16.2. The number of Topliss-reactive ketones (excluding diaryl/α,β-unsaturated/α-hetero) is 1. The van der Waals surface area contributed by atoms with Crippen LogP contribution in [0.1, 0.15) is 70.4 Å². The number of aromatic amines is 1. The molecule has 1 unspecified atom stereocenters. The summed E-state index contributed by atoms with van der Waals surface area (Å²) in [6, 6.07) is 15.1. The summed E-state index contributed by atoms with van der Waals surface area (Å²) in [5, 5.41) is 10.0. The second-order valence-corrected chi connectivity index (χ2v) is 7.80. The number of aromatic nitrogens is 3. The molecule has 0 bridgehead atoms. The van der Waals surface area contributed by atoms with E-state index in [4.69, 9.17) is 0 Å². The third kappa shape index (κ3) is 4.64. The summed E-state index contributed by atoms with van der Waals surface area (Å²) in [5.74, 6) is 0.997. The van der Waals surface area contributed by atoms with E-state index in [2.05, 4.69) is 26.6 Å². The summed E-state index contributed by atoms with van der Waals surface area (Å²) in [7, 11) is 0. The van der Waals surface area contributed by atoms with E-state index in [0.717, 1.165) is 18.4 Å². The van der Waals surface area contributed by atoms with E-state index in [0.29, 0.717) is 17.2 Å². The Balaban J connectivity index is 1.41. The molecular formula is C24H26N4O2. The van der Waals surface area contributed by atoms with Crippen molar-refractivity contribution in [2.75, 3.05) is 0 Å². The molecule has 1 aliphatic carbocycles. The Bertz CT molecular complexity index is 1040. The third-order valence-corrected chi connectivity index (χ3v) is 5.56. The minimum atomic E-state index is -0.456. The number of nitrogens with zero attached hydrogens (tertiary/aromatic N) is 2. The summed E-state index contributed by atoms with van der Waals surface area (Å²) >= 11 is 0. The summed E-state index contributed by atoms with van der Waals surface area (Å²) in [6.07, 6.45) is 4.82. The Kier molecular flexibility index (Phi) is 6.02. The van der Waals surface area contributed by atoms with Crippen molar-refractivity contribution in [2.45, 2.75) is 51.5 Å². The first-order chi connectivity index (χ1) is 14.6. The van der Waals surface area contributed by atoms with Crippen molar-refractivity contribution in [3.05, 3.63) is 82.4 Å². The van der Waals surface area contributed by atoms with Gasteiger partial charge < -0.3 is 5.32 Å². The van der Waals surface area contributed by atoms with E-state index in [9.17, 15) is 9.59 Å². The summed E-state index contributed by atoms with van der Waals surface area (Å²) < 4.78 is 0. The summed E-state index contributed by atoms with van der Waals surface area (Å²) in [4.78, 5) is 29.7. The van der Waals surface area contributed by atoms with Gasteiger partial charge in [-0.05, 0) is 55.4 Å². The van der Waals surface area contributed by atoms with Gasteiger partial charge in [0.15, 0.2) is 11.6 Å². The molecule has 0 saturated heterocycles. The van der Waals surface area contributed by atoms with Gasteiger partial charge in [-0.15, -0.1) is 0 Å². The number of hydrogen-bond acceptors (Lipinski definition) is 4. The largest absolute Gasteiger partial charge is 0.342 e. The van der Waals surface area contributed by atoms with Crippen LogP contribution < -0.4 is 5.32 Å². The number of ketones is 1. The first-order valence-corrected chi connectivity index (χ1v) is 10.5. The molecule has 0 spiro atoms. The van der Waals surface area contributed by atoms with Crippen molar-refractivity contribution in [1.82, 2.24) is 20.5 Å². The SMILES string of the molecule is Cc1nc(C(NC(=O)CCC(=O)c2ccc3c(c2)CCCC3)c2ccccc2)n[nH]1. The van der Waals surface area contributed by atoms with Crippen LogP contribution in [-0.2, 0) is 17.6 Å². The topological polar surface area (TPSA) is 87.7 Å². The maximum atomic E-state index is 12.7. The van der Waals surface area contributed by atoms with Gasteiger partial charge in [-0.2, -0.15) is 5.10 Å². The highest BCUT2D eigenvalue weighted by molar-refractivity contribution is 5.98. The molecular weight excluding hydrogens is 376 g/mol. The fraction of sp³-hybridized carbons (Fsp3) is 0.333. The molecule has 6 nitrogen and oxygen atoms in total. The van der Waals surface area contributed by atoms with Crippen molar-refractivity contribution in [3.63, 3.8) is 0 Å². The van der Waals surface area contributed by atoms with E-state index in [-0.39, 0.29) is 24.5 Å². The molecule has 1 heterocycles. The van der Waals surface area contributed by atoms with E-state index in [1.165, 1.54) is 24.0 Å². The first kappa shape index (κ1) is 20.0. The van der Waals surface area contributed by atoms with Crippen LogP contribution in [0.3, 0.4) is 0 Å². The van der Waals surface area contributed by atoms with Gasteiger partial charge in [0.2, 0.25) is 5.91 Å². The van der Waals surface area contributed by atoms with Crippen LogP contribution in [0, 0.1) is 6.92 Å². The highest BCUT2D eigenvalue weighted by Crippen LogP contribution is 2.23. The quantitative estimate of drug-likeness (QED) is 0.588. The Morgan fingerprint density at radius 1 is 1.03 bits per heavy atom. The van der Waals surface area contributed by atoms with Crippen LogP contribution in [0.5, 0.6) is 0 Å². The fourth-order valence-corrected chi connectivity index (χ4v) is 3.94. The fourth-order valence-electron chi connectivity index (χ4n) is 3.94. The number of carbonyl (C=O) groups is 2. The monoisotopic (exact) mass is 402 g/mol. The van der Waals surface area contributed by atoms with Gasteiger partial charge in [0.05, 0.1) is 0 Å². The van der Waals surface area contributed by atoms with Gasteiger partial charge in [0, 0.05) is 18.4 Å². The molecule has 2 N–H and O–H groups in total. The average Bonchev–Trinajstić information content (AvgIpc) is 3.22. The number of nitrogens with one attached hydrogen (secondary N) is 2.